The van der Waals surface area contributed by atoms with Crippen molar-refractivity contribution in [2.24, 2.45) is 5.73 Å². The van der Waals surface area contributed by atoms with Gasteiger partial charge >= 0.3 is 0 Å². The highest BCUT2D eigenvalue weighted by molar-refractivity contribution is 5.75. The van der Waals surface area contributed by atoms with Gasteiger partial charge in [-0.05, 0) is 37.4 Å². The summed E-state index contributed by atoms with van der Waals surface area (Å²) >= 11 is 0. The molecule has 0 fully saturated rings. The van der Waals surface area contributed by atoms with E-state index >= 15 is 0 Å². The summed E-state index contributed by atoms with van der Waals surface area (Å²) in [4.78, 5) is 11.3. The molecular formula is C13H19FN2O. The molecule has 1 amide bonds. The molecule has 3 nitrogen and oxygen atoms in total. The number of halogens is 1. The smallest absolute Gasteiger partial charge is 0.220 e. The zero-order chi connectivity index (χ0) is 12.7. The Kier molecular flexibility index (Phi) is 5.63. The van der Waals surface area contributed by atoms with Crippen LogP contribution in [-0.4, -0.2) is 19.0 Å². The number of nitrogens with two attached hydrogens (primary N) is 1. The predicted octanol–water partition coefficient (Wildman–Crippen LogP) is 1.78. The SMILES string of the molecule is CCNC(=O)CCC(CN)c1ccccc1F. The molecule has 0 aliphatic rings. The standard InChI is InChI=1S/C13H19FN2O/c1-2-16-13(17)8-7-10(9-15)11-5-3-4-6-12(11)14/h3-6,10H,2,7-9,15H2,1H3,(H,16,17). The molecule has 4 heteroatoms. The average molecular weight is 238 g/mol. The van der Waals surface area contributed by atoms with Crippen LogP contribution < -0.4 is 11.1 Å². The van der Waals surface area contributed by atoms with E-state index in [0.717, 1.165) is 0 Å². The van der Waals surface area contributed by atoms with Crippen molar-refractivity contribution in [2.45, 2.75) is 25.7 Å². The third-order valence-corrected chi connectivity index (χ3v) is 2.72. The van der Waals surface area contributed by atoms with E-state index in [1.54, 1.807) is 18.2 Å². The topological polar surface area (TPSA) is 55.1 Å². The summed E-state index contributed by atoms with van der Waals surface area (Å²) in [5, 5.41) is 2.72. The van der Waals surface area contributed by atoms with Gasteiger partial charge in [0.05, 0.1) is 0 Å². The van der Waals surface area contributed by atoms with E-state index in [2.05, 4.69) is 5.32 Å². The number of amides is 1. The van der Waals surface area contributed by atoms with Crippen LogP contribution >= 0.6 is 0 Å². The van der Waals surface area contributed by atoms with Crippen LogP contribution in [0.1, 0.15) is 31.2 Å². The third-order valence-electron chi connectivity index (χ3n) is 2.72. The molecule has 17 heavy (non-hydrogen) atoms. The van der Waals surface area contributed by atoms with Crippen molar-refractivity contribution < 1.29 is 9.18 Å². The minimum absolute atomic E-state index is 0.0118. The Balaban J connectivity index is 2.60. The van der Waals surface area contributed by atoms with Crippen molar-refractivity contribution in [3.8, 4) is 0 Å². The Labute approximate surface area is 101 Å². The molecule has 0 bridgehead atoms. The van der Waals surface area contributed by atoms with E-state index in [1.165, 1.54) is 6.07 Å². The van der Waals surface area contributed by atoms with Crippen LogP contribution in [0.15, 0.2) is 24.3 Å². The van der Waals surface area contributed by atoms with E-state index in [4.69, 9.17) is 5.73 Å². The van der Waals surface area contributed by atoms with Gasteiger partial charge in [-0.25, -0.2) is 4.39 Å². The van der Waals surface area contributed by atoms with Crippen LogP contribution in [0.3, 0.4) is 0 Å². The van der Waals surface area contributed by atoms with Crippen molar-refractivity contribution in [1.29, 1.82) is 0 Å². The first-order chi connectivity index (χ1) is 8.19. The lowest BCUT2D eigenvalue weighted by Gasteiger charge is -2.15. The largest absolute Gasteiger partial charge is 0.356 e. The molecule has 0 aliphatic carbocycles. The minimum atomic E-state index is -0.251. The summed E-state index contributed by atoms with van der Waals surface area (Å²) in [5.41, 5.74) is 6.23. The Morgan fingerprint density at radius 3 is 2.76 bits per heavy atom. The van der Waals surface area contributed by atoms with Crippen molar-refractivity contribution in [2.75, 3.05) is 13.1 Å². The van der Waals surface area contributed by atoms with E-state index < -0.39 is 0 Å². The van der Waals surface area contributed by atoms with Gasteiger partial charge in [-0.3, -0.25) is 4.79 Å². The normalized spacial score (nSPS) is 12.2. The van der Waals surface area contributed by atoms with Gasteiger partial charge in [-0.1, -0.05) is 18.2 Å². The average Bonchev–Trinajstić information content (AvgIpc) is 2.32. The van der Waals surface area contributed by atoms with Gasteiger partial charge in [0.1, 0.15) is 5.82 Å². The van der Waals surface area contributed by atoms with Crippen LogP contribution in [0.4, 0.5) is 4.39 Å². The highest BCUT2D eigenvalue weighted by Gasteiger charge is 2.15. The monoisotopic (exact) mass is 238 g/mol. The molecule has 1 aromatic rings. The summed E-state index contributed by atoms with van der Waals surface area (Å²) in [7, 11) is 0. The Morgan fingerprint density at radius 1 is 1.47 bits per heavy atom. The van der Waals surface area contributed by atoms with Gasteiger partial charge in [0.15, 0.2) is 0 Å². The van der Waals surface area contributed by atoms with Crippen LogP contribution in [-0.2, 0) is 4.79 Å². The summed E-state index contributed by atoms with van der Waals surface area (Å²) in [6.45, 7) is 2.83. The lowest BCUT2D eigenvalue weighted by atomic mass is 9.94. The summed E-state index contributed by atoms with van der Waals surface area (Å²) in [6, 6.07) is 6.58. The number of nitrogens with one attached hydrogen (secondary N) is 1. The van der Waals surface area contributed by atoms with Gasteiger partial charge in [0.25, 0.3) is 0 Å². The van der Waals surface area contributed by atoms with Gasteiger partial charge in [0, 0.05) is 13.0 Å². The highest BCUT2D eigenvalue weighted by atomic mass is 19.1. The maximum Gasteiger partial charge on any atom is 0.220 e. The molecule has 0 radical (unpaired) electrons. The molecule has 0 saturated heterocycles. The fourth-order valence-corrected chi connectivity index (χ4v) is 1.80. The first-order valence-corrected chi connectivity index (χ1v) is 5.90. The van der Waals surface area contributed by atoms with Gasteiger partial charge < -0.3 is 11.1 Å². The van der Waals surface area contributed by atoms with Crippen LogP contribution in [0.25, 0.3) is 0 Å². The number of carbonyl (C=O) groups excluding carboxylic acids is 1. The first-order valence-electron chi connectivity index (χ1n) is 5.90. The summed E-state index contributed by atoms with van der Waals surface area (Å²) in [5.74, 6) is -0.361. The second-order valence-electron chi connectivity index (χ2n) is 3.95. The molecule has 1 rings (SSSR count). The first kappa shape index (κ1) is 13.6. The lowest BCUT2D eigenvalue weighted by molar-refractivity contribution is -0.121. The molecule has 1 unspecified atom stereocenters. The summed E-state index contributed by atoms with van der Waals surface area (Å²) < 4.78 is 13.5. The van der Waals surface area contributed by atoms with E-state index in [1.807, 2.05) is 6.92 Å². The molecule has 1 atom stereocenters. The third kappa shape index (κ3) is 4.15. The van der Waals surface area contributed by atoms with Gasteiger partial charge in [0.2, 0.25) is 5.91 Å². The Bertz CT molecular complexity index is 368. The van der Waals surface area contributed by atoms with Crippen LogP contribution in [0.5, 0.6) is 0 Å². The Morgan fingerprint density at radius 2 is 2.18 bits per heavy atom. The van der Waals surface area contributed by atoms with Gasteiger partial charge in [-0.15, -0.1) is 0 Å². The molecule has 0 saturated carbocycles. The zero-order valence-corrected chi connectivity index (χ0v) is 10.1. The molecule has 0 aromatic heterocycles. The number of carbonyl (C=O) groups is 1. The quantitative estimate of drug-likeness (QED) is 0.793. The maximum atomic E-state index is 13.5. The molecule has 0 heterocycles. The van der Waals surface area contributed by atoms with Crippen molar-refractivity contribution >= 4 is 5.91 Å². The fourth-order valence-electron chi connectivity index (χ4n) is 1.80. The fraction of sp³-hybridized carbons (Fsp3) is 0.462. The number of rotatable bonds is 6. The molecule has 1 aromatic carbocycles. The molecule has 0 spiro atoms. The predicted molar refractivity (Wildman–Crippen MR) is 66.1 cm³/mol. The highest BCUT2D eigenvalue weighted by Crippen LogP contribution is 2.22. The molecule has 94 valence electrons. The summed E-state index contributed by atoms with van der Waals surface area (Å²) in [6.07, 6.45) is 0.952. The van der Waals surface area contributed by atoms with Crippen molar-refractivity contribution in [3.63, 3.8) is 0 Å². The zero-order valence-electron chi connectivity index (χ0n) is 10.1. The van der Waals surface area contributed by atoms with E-state index in [9.17, 15) is 9.18 Å². The van der Waals surface area contributed by atoms with Crippen LogP contribution in [0.2, 0.25) is 0 Å². The van der Waals surface area contributed by atoms with E-state index in [0.29, 0.717) is 31.5 Å². The number of benzene rings is 1. The van der Waals surface area contributed by atoms with E-state index in [-0.39, 0.29) is 17.6 Å². The minimum Gasteiger partial charge on any atom is -0.356 e. The second kappa shape index (κ2) is 7.01. The molecule has 3 N–H and O–H groups in total. The van der Waals surface area contributed by atoms with Crippen molar-refractivity contribution in [3.05, 3.63) is 35.6 Å². The number of hydrogen-bond donors (Lipinski definition) is 2. The maximum absolute atomic E-state index is 13.5. The van der Waals surface area contributed by atoms with Crippen molar-refractivity contribution in [1.82, 2.24) is 5.32 Å². The molecular weight excluding hydrogens is 219 g/mol. The van der Waals surface area contributed by atoms with Gasteiger partial charge in [-0.2, -0.15) is 0 Å². The number of hydrogen-bond acceptors (Lipinski definition) is 2. The second-order valence-corrected chi connectivity index (χ2v) is 3.95. The molecule has 0 aliphatic heterocycles. The Hall–Kier alpha value is -1.42. The lowest BCUT2D eigenvalue weighted by Crippen LogP contribution is -2.24. The van der Waals surface area contributed by atoms with Crippen LogP contribution in [0, 0.1) is 5.82 Å².